The number of rotatable bonds is 5. The molecule has 1 aromatic rings. The molecule has 1 N–H and O–H groups in total. The first-order valence-corrected chi connectivity index (χ1v) is 6.65. The first-order chi connectivity index (χ1) is 7.63. The number of benzene rings is 1. The molecule has 88 valence electrons. The number of alkyl halides is 1. The molecule has 0 aliphatic carbocycles. The summed E-state index contributed by atoms with van der Waals surface area (Å²) in [5.74, 6) is 0.571. The normalized spacial score (nSPS) is 10.2. The summed E-state index contributed by atoms with van der Waals surface area (Å²) >= 11 is 14.7. The first kappa shape index (κ1) is 13.8. The van der Waals surface area contributed by atoms with Crippen LogP contribution in [0.4, 0.5) is 5.69 Å². The monoisotopic (exact) mass is 323 g/mol. The van der Waals surface area contributed by atoms with Gasteiger partial charge in [-0.3, -0.25) is 4.79 Å². The van der Waals surface area contributed by atoms with E-state index in [1.54, 1.807) is 18.2 Å². The highest BCUT2D eigenvalue weighted by Gasteiger charge is 2.05. The van der Waals surface area contributed by atoms with Gasteiger partial charge < -0.3 is 5.32 Å². The summed E-state index contributed by atoms with van der Waals surface area (Å²) in [6.07, 6.45) is 2.13. The minimum Gasteiger partial charge on any atom is -0.325 e. The molecule has 5 heteroatoms. The molecule has 0 atom stereocenters. The molecule has 0 fully saturated rings. The van der Waals surface area contributed by atoms with Crippen molar-refractivity contribution < 1.29 is 4.79 Å². The van der Waals surface area contributed by atoms with Gasteiger partial charge in [0.05, 0.1) is 5.69 Å². The second-order valence-electron chi connectivity index (χ2n) is 3.32. The van der Waals surface area contributed by atoms with E-state index < -0.39 is 0 Å². The standard InChI is InChI=1S/C11H12BrCl2NO/c12-9-5-4-8(14)7-10(9)15-11(16)3-1-2-6-13/h4-5,7H,1-3,6H2,(H,15,16). The van der Waals surface area contributed by atoms with Gasteiger partial charge >= 0.3 is 0 Å². The predicted octanol–water partition coefficient (Wildman–Crippen LogP) is 4.45. The van der Waals surface area contributed by atoms with Crippen LogP contribution in [-0.4, -0.2) is 11.8 Å². The molecule has 0 saturated carbocycles. The number of hydrogen-bond acceptors (Lipinski definition) is 1. The second kappa shape index (κ2) is 7.15. The quantitative estimate of drug-likeness (QED) is 0.629. The van der Waals surface area contributed by atoms with Gasteiger partial charge in [0.15, 0.2) is 0 Å². The molecule has 1 aromatic carbocycles. The molecule has 0 spiro atoms. The molecule has 0 unspecified atom stereocenters. The van der Waals surface area contributed by atoms with Gasteiger partial charge in [-0.2, -0.15) is 0 Å². The molecular formula is C11H12BrCl2NO. The summed E-state index contributed by atoms with van der Waals surface area (Å²) in [6, 6.07) is 5.27. The average molecular weight is 325 g/mol. The van der Waals surface area contributed by atoms with Crippen molar-refractivity contribution in [2.75, 3.05) is 11.2 Å². The third kappa shape index (κ3) is 4.73. The summed E-state index contributed by atoms with van der Waals surface area (Å²) < 4.78 is 0.822. The fourth-order valence-corrected chi connectivity index (χ4v) is 1.89. The lowest BCUT2D eigenvalue weighted by Crippen LogP contribution is -2.11. The number of anilines is 1. The van der Waals surface area contributed by atoms with Gasteiger partial charge in [0.1, 0.15) is 0 Å². The minimum absolute atomic E-state index is 0.0203. The first-order valence-electron chi connectivity index (χ1n) is 4.94. The highest BCUT2D eigenvalue weighted by molar-refractivity contribution is 9.10. The lowest BCUT2D eigenvalue weighted by molar-refractivity contribution is -0.116. The molecule has 0 saturated heterocycles. The second-order valence-corrected chi connectivity index (χ2v) is 4.99. The van der Waals surface area contributed by atoms with Gasteiger partial charge in [-0.15, -0.1) is 11.6 Å². The molecule has 16 heavy (non-hydrogen) atoms. The van der Waals surface area contributed by atoms with Crippen molar-refractivity contribution in [1.82, 2.24) is 0 Å². The lowest BCUT2D eigenvalue weighted by atomic mass is 10.2. The van der Waals surface area contributed by atoms with Crippen molar-refractivity contribution in [2.24, 2.45) is 0 Å². The Morgan fingerprint density at radius 2 is 2.12 bits per heavy atom. The van der Waals surface area contributed by atoms with Gasteiger partial charge in [0.2, 0.25) is 5.91 Å². The summed E-state index contributed by atoms with van der Waals surface area (Å²) in [5, 5.41) is 3.39. The van der Waals surface area contributed by atoms with E-state index in [9.17, 15) is 4.79 Å². The summed E-state index contributed by atoms with van der Waals surface area (Å²) in [5.41, 5.74) is 0.698. The van der Waals surface area contributed by atoms with Gasteiger partial charge in [-0.05, 0) is 47.0 Å². The van der Waals surface area contributed by atoms with Crippen molar-refractivity contribution in [1.29, 1.82) is 0 Å². The molecule has 0 aromatic heterocycles. The Morgan fingerprint density at radius 1 is 1.38 bits per heavy atom. The SMILES string of the molecule is O=C(CCCCCl)Nc1cc(Cl)ccc1Br. The number of halogens is 3. The maximum Gasteiger partial charge on any atom is 0.224 e. The third-order valence-corrected chi connectivity index (χ3v) is 3.18. The molecule has 1 amide bonds. The number of carbonyl (C=O) groups excluding carboxylic acids is 1. The van der Waals surface area contributed by atoms with Crippen LogP contribution in [0.25, 0.3) is 0 Å². The molecule has 2 nitrogen and oxygen atoms in total. The molecule has 0 aliphatic heterocycles. The van der Waals surface area contributed by atoms with Gasteiger partial charge in [0.25, 0.3) is 0 Å². The maximum absolute atomic E-state index is 11.5. The molecular weight excluding hydrogens is 313 g/mol. The van der Waals surface area contributed by atoms with Crippen molar-refractivity contribution in [3.63, 3.8) is 0 Å². The Morgan fingerprint density at radius 3 is 2.81 bits per heavy atom. The molecule has 1 rings (SSSR count). The fraction of sp³-hybridized carbons (Fsp3) is 0.364. The minimum atomic E-state index is -0.0203. The summed E-state index contributed by atoms with van der Waals surface area (Å²) in [6.45, 7) is 0. The van der Waals surface area contributed by atoms with E-state index in [0.717, 1.165) is 17.3 Å². The van der Waals surface area contributed by atoms with Crippen LogP contribution in [0.5, 0.6) is 0 Å². The van der Waals surface area contributed by atoms with E-state index in [0.29, 0.717) is 23.0 Å². The lowest BCUT2D eigenvalue weighted by Gasteiger charge is -2.07. The summed E-state index contributed by atoms with van der Waals surface area (Å²) in [4.78, 5) is 11.5. The van der Waals surface area contributed by atoms with Gasteiger partial charge in [-0.25, -0.2) is 0 Å². The van der Waals surface area contributed by atoms with E-state index in [-0.39, 0.29) is 5.91 Å². The Hall–Kier alpha value is -0.250. The molecule has 0 aliphatic rings. The van der Waals surface area contributed by atoms with Crippen LogP contribution in [0, 0.1) is 0 Å². The van der Waals surface area contributed by atoms with Crippen molar-refractivity contribution in [3.05, 3.63) is 27.7 Å². The van der Waals surface area contributed by atoms with Crippen molar-refractivity contribution in [3.8, 4) is 0 Å². The molecule has 0 bridgehead atoms. The highest BCUT2D eigenvalue weighted by atomic mass is 79.9. The Bertz CT molecular complexity index is 371. The zero-order valence-electron chi connectivity index (χ0n) is 8.60. The number of unbranched alkanes of at least 4 members (excludes halogenated alkanes) is 1. The maximum atomic E-state index is 11.5. The molecule has 0 radical (unpaired) electrons. The van der Waals surface area contributed by atoms with Crippen LogP contribution in [0.3, 0.4) is 0 Å². The molecule has 0 heterocycles. The zero-order valence-corrected chi connectivity index (χ0v) is 11.7. The van der Waals surface area contributed by atoms with Crippen LogP contribution >= 0.6 is 39.1 Å². The van der Waals surface area contributed by atoms with Gasteiger partial charge in [0, 0.05) is 21.8 Å². The average Bonchev–Trinajstić information content (AvgIpc) is 2.24. The smallest absolute Gasteiger partial charge is 0.224 e. The van der Waals surface area contributed by atoms with Crippen molar-refractivity contribution >= 4 is 50.7 Å². The van der Waals surface area contributed by atoms with Gasteiger partial charge in [-0.1, -0.05) is 11.6 Å². The number of hydrogen-bond donors (Lipinski definition) is 1. The highest BCUT2D eigenvalue weighted by Crippen LogP contribution is 2.26. The van der Waals surface area contributed by atoms with Crippen molar-refractivity contribution in [2.45, 2.75) is 19.3 Å². The van der Waals surface area contributed by atoms with E-state index in [4.69, 9.17) is 23.2 Å². The van der Waals surface area contributed by atoms with E-state index in [2.05, 4.69) is 21.2 Å². The van der Waals surface area contributed by atoms with Crippen LogP contribution in [0.15, 0.2) is 22.7 Å². The Balaban J connectivity index is 2.52. The fourth-order valence-electron chi connectivity index (χ4n) is 1.19. The van der Waals surface area contributed by atoms with Crippen LogP contribution in [0.1, 0.15) is 19.3 Å². The summed E-state index contributed by atoms with van der Waals surface area (Å²) in [7, 11) is 0. The van der Waals surface area contributed by atoms with Crippen LogP contribution in [0.2, 0.25) is 5.02 Å². The third-order valence-electron chi connectivity index (χ3n) is 1.99. The topological polar surface area (TPSA) is 29.1 Å². The predicted molar refractivity (Wildman–Crippen MR) is 72.4 cm³/mol. The zero-order chi connectivity index (χ0) is 12.0. The number of nitrogens with one attached hydrogen (secondary N) is 1. The Kier molecular flexibility index (Phi) is 6.17. The van der Waals surface area contributed by atoms with Crippen LogP contribution in [-0.2, 0) is 4.79 Å². The Labute approximate surface area is 113 Å². The van der Waals surface area contributed by atoms with Crippen LogP contribution < -0.4 is 5.32 Å². The van der Waals surface area contributed by atoms with E-state index >= 15 is 0 Å². The number of carbonyl (C=O) groups is 1. The number of amides is 1. The van der Waals surface area contributed by atoms with E-state index in [1.807, 2.05) is 0 Å². The van der Waals surface area contributed by atoms with E-state index in [1.165, 1.54) is 0 Å². The largest absolute Gasteiger partial charge is 0.325 e.